The third-order valence-electron chi connectivity index (χ3n) is 2.60. The summed E-state index contributed by atoms with van der Waals surface area (Å²) in [6, 6.07) is 17.1. The van der Waals surface area contributed by atoms with Crippen LogP contribution in [0.2, 0.25) is 0 Å². The summed E-state index contributed by atoms with van der Waals surface area (Å²) < 4.78 is 0. The van der Waals surface area contributed by atoms with E-state index in [0.717, 1.165) is 16.7 Å². The summed E-state index contributed by atoms with van der Waals surface area (Å²) in [6.45, 7) is 3.51. The third kappa shape index (κ3) is 2.03. The minimum absolute atomic E-state index is 0.0668. The van der Waals surface area contributed by atoms with Crippen molar-refractivity contribution >= 4 is 5.78 Å². The van der Waals surface area contributed by atoms with Gasteiger partial charge in [-0.15, -0.1) is 0 Å². The van der Waals surface area contributed by atoms with Crippen LogP contribution in [0.5, 0.6) is 0 Å². The van der Waals surface area contributed by atoms with Crippen LogP contribution >= 0.6 is 0 Å². The van der Waals surface area contributed by atoms with Gasteiger partial charge in [-0.05, 0) is 42.7 Å². The van der Waals surface area contributed by atoms with Gasteiger partial charge >= 0.3 is 0 Å². The standard InChI is InChI=1S/C15H13O/c1-11-10-14(8-9-15(11)12(2)16)13-6-4-3-5-7-13/h3-8,10H,1-2H3. The highest BCUT2D eigenvalue weighted by molar-refractivity contribution is 5.95. The van der Waals surface area contributed by atoms with Crippen LogP contribution in [0.25, 0.3) is 11.1 Å². The number of rotatable bonds is 2. The van der Waals surface area contributed by atoms with E-state index in [-0.39, 0.29) is 5.78 Å². The molecule has 16 heavy (non-hydrogen) atoms. The highest BCUT2D eigenvalue weighted by Gasteiger charge is 2.05. The fourth-order valence-corrected chi connectivity index (χ4v) is 1.79. The van der Waals surface area contributed by atoms with Crippen LogP contribution in [0.15, 0.2) is 42.5 Å². The summed E-state index contributed by atoms with van der Waals surface area (Å²) in [6.07, 6.45) is 0. The molecule has 1 nitrogen and oxygen atoms in total. The zero-order valence-electron chi connectivity index (χ0n) is 9.45. The Morgan fingerprint density at radius 1 is 1.12 bits per heavy atom. The van der Waals surface area contributed by atoms with Crippen LogP contribution in [-0.2, 0) is 0 Å². The van der Waals surface area contributed by atoms with Gasteiger partial charge in [-0.1, -0.05) is 36.4 Å². The number of benzene rings is 2. The molecule has 1 radical (unpaired) electrons. The first-order chi connectivity index (χ1) is 7.68. The molecule has 2 aromatic rings. The van der Waals surface area contributed by atoms with Crippen molar-refractivity contribution in [2.75, 3.05) is 0 Å². The number of hydrogen-bond acceptors (Lipinski definition) is 1. The minimum Gasteiger partial charge on any atom is -0.294 e. The predicted molar refractivity (Wildman–Crippen MR) is 65.5 cm³/mol. The van der Waals surface area contributed by atoms with E-state index in [1.807, 2.05) is 37.3 Å². The van der Waals surface area contributed by atoms with Crippen molar-refractivity contribution in [2.24, 2.45) is 0 Å². The number of ketones is 1. The molecule has 79 valence electrons. The molecule has 0 amide bonds. The second-order valence-electron chi connectivity index (χ2n) is 3.87. The van der Waals surface area contributed by atoms with E-state index in [0.29, 0.717) is 5.56 Å². The van der Waals surface area contributed by atoms with Gasteiger partial charge in [0.05, 0.1) is 0 Å². The largest absolute Gasteiger partial charge is 0.294 e. The lowest BCUT2D eigenvalue weighted by atomic mass is 9.98. The van der Waals surface area contributed by atoms with E-state index in [9.17, 15) is 4.79 Å². The number of carbonyl (C=O) groups excluding carboxylic acids is 1. The normalized spacial score (nSPS) is 10.1. The van der Waals surface area contributed by atoms with E-state index in [2.05, 4.69) is 18.2 Å². The van der Waals surface area contributed by atoms with E-state index in [1.165, 1.54) is 0 Å². The topological polar surface area (TPSA) is 17.1 Å². The molecule has 0 fully saturated rings. The summed E-state index contributed by atoms with van der Waals surface area (Å²) in [5.41, 5.74) is 3.91. The first-order valence-electron chi connectivity index (χ1n) is 5.27. The molecule has 0 N–H and O–H groups in total. The van der Waals surface area contributed by atoms with Crippen molar-refractivity contribution in [3.8, 4) is 11.1 Å². The number of aryl methyl sites for hydroxylation is 1. The summed E-state index contributed by atoms with van der Waals surface area (Å²) in [5, 5.41) is 0. The Kier molecular flexibility index (Phi) is 2.86. The zero-order valence-corrected chi connectivity index (χ0v) is 9.45. The Hall–Kier alpha value is -1.89. The molecule has 0 aromatic heterocycles. The van der Waals surface area contributed by atoms with Crippen molar-refractivity contribution in [1.29, 1.82) is 0 Å². The Balaban J connectivity index is 2.46. The molecule has 0 atom stereocenters. The first kappa shape index (κ1) is 10.6. The van der Waals surface area contributed by atoms with Gasteiger partial charge in [0, 0.05) is 5.56 Å². The number of carbonyl (C=O) groups is 1. The first-order valence-corrected chi connectivity index (χ1v) is 5.27. The maximum atomic E-state index is 11.3. The lowest BCUT2D eigenvalue weighted by molar-refractivity contribution is 0.101. The van der Waals surface area contributed by atoms with Gasteiger partial charge in [-0.3, -0.25) is 4.79 Å². The van der Waals surface area contributed by atoms with Crippen molar-refractivity contribution in [3.05, 3.63) is 59.7 Å². The molecule has 0 saturated carbocycles. The third-order valence-corrected chi connectivity index (χ3v) is 2.60. The lowest BCUT2D eigenvalue weighted by Gasteiger charge is -2.05. The molecule has 2 rings (SSSR count). The molecule has 0 saturated heterocycles. The Bertz CT molecular complexity index is 512. The average Bonchev–Trinajstić information content (AvgIpc) is 2.29. The van der Waals surface area contributed by atoms with E-state index >= 15 is 0 Å². The molecular weight excluding hydrogens is 196 g/mol. The minimum atomic E-state index is 0.0668. The van der Waals surface area contributed by atoms with Crippen LogP contribution in [0.4, 0.5) is 0 Å². The van der Waals surface area contributed by atoms with Gasteiger partial charge in [0.25, 0.3) is 0 Å². The smallest absolute Gasteiger partial charge is 0.160 e. The fraction of sp³-hybridized carbons (Fsp3) is 0.133. The van der Waals surface area contributed by atoms with Crippen LogP contribution in [0, 0.1) is 13.0 Å². The van der Waals surface area contributed by atoms with Gasteiger partial charge in [0.1, 0.15) is 0 Å². The second kappa shape index (κ2) is 4.31. The predicted octanol–water partition coefficient (Wildman–Crippen LogP) is 3.66. The number of hydrogen-bond donors (Lipinski definition) is 0. The van der Waals surface area contributed by atoms with E-state index in [1.54, 1.807) is 6.92 Å². The van der Waals surface area contributed by atoms with Gasteiger partial charge in [-0.25, -0.2) is 0 Å². The zero-order chi connectivity index (χ0) is 11.5. The Labute approximate surface area is 95.7 Å². The highest BCUT2D eigenvalue weighted by Crippen LogP contribution is 2.21. The Morgan fingerprint density at radius 3 is 2.38 bits per heavy atom. The summed E-state index contributed by atoms with van der Waals surface area (Å²) >= 11 is 0. The summed E-state index contributed by atoms with van der Waals surface area (Å²) in [4.78, 5) is 11.3. The fourth-order valence-electron chi connectivity index (χ4n) is 1.79. The SMILES string of the molecule is CC(=O)c1[c]cc(-c2ccccc2)cc1C. The van der Waals surface area contributed by atoms with Crippen LogP contribution in [0.3, 0.4) is 0 Å². The molecule has 2 aromatic carbocycles. The molecule has 0 spiro atoms. The van der Waals surface area contributed by atoms with Gasteiger partial charge in [-0.2, -0.15) is 0 Å². The van der Waals surface area contributed by atoms with Crippen LogP contribution < -0.4 is 0 Å². The summed E-state index contributed by atoms with van der Waals surface area (Å²) in [7, 11) is 0. The molecule has 0 bridgehead atoms. The molecule has 0 aliphatic rings. The van der Waals surface area contributed by atoms with E-state index < -0.39 is 0 Å². The molecule has 0 heterocycles. The van der Waals surface area contributed by atoms with Crippen molar-refractivity contribution in [1.82, 2.24) is 0 Å². The maximum absolute atomic E-state index is 11.3. The van der Waals surface area contributed by atoms with Gasteiger partial charge in [0.2, 0.25) is 0 Å². The van der Waals surface area contributed by atoms with Crippen molar-refractivity contribution < 1.29 is 4.79 Å². The highest BCUT2D eigenvalue weighted by atomic mass is 16.1. The second-order valence-corrected chi connectivity index (χ2v) is 3.87. The maximum Gasteiger partial charge on any atom is 0.160 e. The van der Waals surface area contributed by atoms with Crippen molar-refractivity contribution in [3.63, 3.8) is 0 Å². The number of Topliss-reactive ketones (excluding diaryl/α,β-unsaturated/α-hetero) is 1. The van der Waals surface area contributed by atoms with Gasteiger partial charge < -0.3 is 0 Å². The quantitative estimate of drug-likeness (QED) is 0.690. The average molecular weight is 209 g/mol. The van der Waals surface area contributed by atoms with Crippen LogP contribution in [0.1, 0.15) is 22.8 Å². The Morgan fingerprint density at radius 2 is 1.81 bits per heavy atom. The molecular formula is C15H13O. The summed E-state index contributed by atoms with van der Waals surface area (Å²) in [5.74, 6) is 0.0668. The van der Waals surface area contributed by atoms with Gasteiger partial charge in [0.15, 0.2) is 5.78 Å². The molecule has 0 unspecified atom stereocenters. The van der Waals surface area contributed by atoms with Crippen molar-refractivity contribution in [2.45, 2.75) is 13.8 Å². The monoisotopic (exact) mass is 209 g/mol. The molecule has 1 heteroatoms. The molecule has 0 aliphatic heterocycles. The van der Waals surface area contributed by atoms with Crippen LogP contribution in [-0.4, -0.2) is 5.78 Å². The van der Waals surface area contributed by atoms with E-state index in [4.69, 9.17) is 0 Å². The molecule has 0 aliphatic carbocycles. The lowest BCUT2D eigenvalue weighted by Crippen LogP contribution is -1.96.